The van der Waals surface area contributed by atoms with Crippen LogP contribution in [-0.2, 0) is 22.6 Å². The van der Waals surface area contributed by atoms with Gasteiger partial charge in [0.05, 0.1) is 4.47 Å². The number of carbonyl (C=O) groups is 2. The highest BCUT2D eigenvalue weighted by Crippen LogP contribution is 2.29. The summed E-state index contributed by atoms with van der Waals surface area (Å²) in [7, 11) is 0. The summed E-state index contributed by atoms with van der Waals surface area (Å²) in [4.78, 5) is 28.4. The molecule has 5 nitrogen and oxygen atoms in total. The molecule has 0 bridgehead atoms. The lowest BCUT2D eigenvalue weighted by atomic mass is 9.95. The Hall–Kier alpha value is -1.76. The van der Waals surface area contributed by atoms with Gasteiger partial charge in [0.15, 0.2) is 6.61 Å². The molecule has 8 heteroatoms. The summed E-state index contributed by atoms with van der Waals surface area (Å²) in [5, 5.41) is 4.08. The molecule has 0 unspecified atom stereocenters. The predicted octanol–water partition coefficient (Wildman–Crippen LogP) is 6.95. The van der Waals surface area contributed by atoms with Crippen molar-refractivity contribution >= 4 is 50.9 Å². The zero-order valence-electron chi connectivity index (χ0n) is 20.3. The van der Waals surface area contributed by atoms with Crippen LogP contribution >= 0.6 is 39.1 Å². The quantitative estimate of drug-likeness (QED) is 0.329. The van der Waals surface area contributed by atoms with E-state index in [4.69, 9.17) is 27.9 Å². The summed E-state index contributed by atoms with van der Waals surface area (Å²) in [6.45, 7) is 3.89. The first-order valence-electron chi connectivity index (χ1n) is 12.3. The van der Waals surface area contributed by atoms with Crippen LogP contribution in [-0.4, -0.2) is 35.4 Å². The molecule has 0 aliphatic heterocycles. The zero-order valence-corrected chi connectivity index (χ0v) is 23.4. The van der Waals surface area contributed by atoms with E-state index >= 15 is 0 Å². The van der Waals surface area contributed by atoms with Gasteiger partial charge in [-0.25, -0.2) is 0 Å². The van der Waals surface area contributed by atoms with E-state index in [0.717, 1.165) is 42.1 Å². The minimum Gasteiger partial charge on any atom is -0.483 e. The van der Waals surface area contributed by atoms with Crippen LogP contribution in [0.3, 0.4) is 0 Å². The molecule has 35 heavy (non-hydrogen) atoms. The van der Waals surface area contributed by atoms with Gasteiger partial charge >= 0.3 is 0 Å². The van der Waals surface area contributed by atoms with Crippen molar-refractivity contribution in [2.24, 2.45) is 0 Å². The molecule has 0 radical (unpaired) electrons. The number of halogens is 3. The number of benzene rings is 2. The fourth-order valence-electron chi connectivity index (χ4n) is 4.42. The lowest BCUT2D eigenvalue weighted by Crippen LogP contribution is -2.52. The molecular formula is C27H33BrCl2N2O3. The van der Waals surface area contributed by atoms with Crippen LogP contribution in [0.4, 0.5) is 0 Å². The van der Waals surface area contributed by atoms with Gasteiger partial charge in [-0.2, -0.15) is 0 Å². The van der Waals surface area contributed by atoms with Crippen LogP contribution in [0.5, 0.6) is 5.75 Å². The monoisotopic (exact) mass is 582 g/mol. The van der Waals surface area contributed by atoms with Crippen molar-refractivity contribution in [2.45, 2.75) is 77.4 Å². The SMILES string of the molecule is CCc1ccc(OCC(=O)N(Cc2c(Cl)cccc2Cl)[C@H](CC)C(=O)NC2CCCCC2)c(Br)c1. The highest BCUT2D eigenvalue weighted by atomic mass is 79.9. The Morgan fingerprint density at radius 2 is 1.80 bits per heavy atom. The Morgan fingerprint density at radius 3 is 2.40 bits per heavy atom. The lowest BCUT2D eigenvalue weighted by molar-refractivity contribution is -0.143. The summed E-state index contributed by atoms with van der Waals surface area (Å²) < 4.78 is 6.65. The molecule has 0 spiro atoms. The molecule has 0 saturated heterocycles. The molecule has 3 rings (SSSR count). The molecule has 1 saturated carbocycles. The van der Waals surface area contributed by atoms with Crippen LogP contribution in [0.15, 0.2) is 40.9 Å². The van der Waals surface area contributed by atoms with Gasteiger partial charge in [0.25, 0.3) is 5.91 Å². The average Bonchev–Trinajstić information content (AvgIpc) is 2.85. The molecular weight excluding hydrogens is 551 g/mol. The maximum atomic E-state index is 13.5. The first kappa shape index (κ1) is 27.8. The van der Waals surface area contributed by atoms with Gasteiger partial charge in [0.1, 0.15) is 11.8 Å². The van der Waals surface area contributed by atoms with Crippen molar-refractivity contribution in [3.8, 4) is 5.75 Å². The molecule has 1 fully saturated rings. The van der Waals surface area contributed by atoms with Crippen molar-refractivity contribution in [1.29, 1.82) is 0 Å². The Morgan fingerprint density at radius 1 is 1.11 bits per heavy atom. The van der Waals surface area contributed by atoms with E-state index in [1.807, 2.05) is 25.1 Å². The number of ether oxygens (including phenoxy) is 1. The van der Waals surface area contributed by atoms with E-state index in [1.54, 1.807) is 23.1 Å². The number of nitrogens with one attached hydrogen (secondary N) is 1. The molecule has 2 aromatic carbocycles. The summed E-state index contributed by atoms with van der Waals surface area (Å²) in [5.74, 6) is 0.119. The standard InChI is InChI=1S/C27H33BrCl2N2O3/c1-3-18-13-14-25(21(28)15-18)35-17-26(33)32(16-20-22(29)11-8-12-23(20)30)24(4-2)27(34)31-19-9-6-5-7-10-19/h8,11-15,19,24H,3-7,9-10,16-17H2,1-2H3,(H,31,34)/t24-/m1/s1. The van der Waals surface area contributed by atoms with Crippen LogP contribution < -0.4 is 10.1 Å². The molecule has 1 aliphatic rings. The maximum absolute atomic E-state index is 13.5. The predicted molar refractivity (Wildman–Crippen MR) is 145 cm³/mol. The third kappa shape index (κ3) is 7.61. The largest absolute Gasteiger partial charge is 0.483 e. The van der Waals surface area contributed by atoms with Crippen molar-refractivity contribution in [1.82, 2.24) is 10.2 Å². The first-order chi connectivity index (χ1) is 16.8. The van der Waals surface area contributed by atoms with Gasteiger partial charge < -0.3 is 15.0 Å². The van der Waals surface area contributed by atoms with Crippen molar-refractivity contribution in [3.63, 3.8) is 0 Å². The maximum Gasteiger partial charge on any atom is 0.261 e. The second-order valence-corrected chi connectivity index (χ2v) is 10.6. The lowest BCUT2D eigenvalue weighted by Gasteiger charge is -2.33. The number of aryl methyl sites for hydroxylation is 1. The average molecular weight is 584 g/mol. The van der Waals surface area contributed by atoms with E-state index in [-0.39, 0.29) is 31.0 Å². The molecule has 190 valence electrons. The number of hydrogen-bond donors (Lipinski definition) is 1. The van der Waals surface area contributed by atoms with E-state index in [1.165, 1.54) is 6.42 Å². The van der Waals surface area contributed by atoms with Gasteiger partial charge in [-0.1, -0.05) is 68.4 Å². The molecule has 1 aliphatic carbocycles. The summed E-state index contributed by atoms with van der Waals surface area (Å²) in [6, 6.07) is 10.5. The van der Waals surface area contributed by atoms with Crippen LogP contribution in [0, 0.1) is 0 Å². The Labute approximate surface area is 226 Å². The fraction of sp³-hybridized carbons (Fsp3) is 0.481. The number of hydrogen-bond acceptors (Lipinski definition) is 3. The second-order valence-electron chi connectivity index (χ2n) is 8.90. The smallest absolute Gasteiger partial charge is 0.261 e. The van der Waals surface area contributed by atoms with Gasteiger partial charge in [0, 0.05) is 28.2 Å². The van der Waals surface area contributed by atoms with Crippen molar-refractivity contribution in [3.05, 3.63) is 62.0 Å². The minimum atomic E-state index is -0.661. The first-order valence-corrected chi connectivity index (χ1v) is 13.8. The summed E-state index contributed by atoms with van der Waals surface area (Å²) in [6.07, 6.45) is 6.72. The number of nitrogens with zero attached hydrogens (tertiary/aromatic N) is 1. The third-order valence-corrected chi connectivity index (χ3v) is 7.81. The molecule has 2 aromatic rings. The molecule has 1 N–H and O–H groups in total. The van der Waals surface area contributed by atoms with Gasteiger partial charge in [-0.3, -0.25) is 9.59 Å². The normalized spacial score (nSPS) is 14.9. The van der Waals surface area contributed by atoms with Crippen LogP contribution in [0.25, 0.3) is 0 Å². The van der Waals surface area contributed by atoms with E-state index in [0.29, 0.717) is 27.8 Å². The third-order valence-electron chi connectivity index (χ3n) is 6.48. The molecule has 2 amide bonds. The molecule has 1 atom stereocenters. The molecule has 0 aromatic heterocycles. The summed E-state index contributed by atoms with van der Waals surface area (Å²) in [5.41, 5.74) is 1.78. The summed E-state index contributed by atoms with van der Waals surface area (Å²) >= 11 is 16.4. The fourth-order valence-corrected chi connectivity index (χ4v) is 5.48. The minimum absolute atomic E-state index is 0.118. The van der Waals surface area contributed by atoms with Gasteiger partial charge in [-0.15, -0.1) is 0 Å². The number of rotatable bonds is 10. The van der Waals surface area contributed by atoms with E-state index in [2.05, 4.69) is 28.2 Å². The Balaban J connectivity index is 1.81. The van der Waals surface area contributed by atoms with Crippen LogP contribution in [0.1, 0.15) is 63.5 Å². The second kappa shape index (κ2) is 13.5. The van der Waals surface area contributed by atoms with Crippen molar-refractivity contribution < 1.29 is 14.3 Å². The highest BCUT2D eigenvalue weighted by molar-refractivity contribution is 9.10. The van der Waals surface area contributed by atoms with E-state index in [9.17, 15) is 9.59 Å². The highest BCUT2D eigenvalue weighted by Gasteiger charge is 2.31. The van der Waals surface area contributed by atoms with Gasteiger partial charge in [0.2, 0.25) is 5.91 Å². The Bertz CT molecular complexity index is 1010. The molecule has 0 heterocycles. The van der Waals surface area contributed by atoms with E-state index < -0.39 is 6.04 Å². The van der Waals surface area contributed by atoms with Crippen molar-refractivity contribution in [2.75, 3.05) is 6.61 Å². The number of amides is 2. The number of carbonyl (C=O) groups excluding carboxylic acids is 2. The van der Waals surface area contributed by atoms with Gasteiger partial charge in [-0.05, 0) is 71.4 Å². The Kier molecular flexibility index (Phi) is 10.7. The van der Waals surface area contributed by atoms with Crippen LogP contribution in [0.2, 0.25) is 10.0 Å². The topological polar surface area (TPSA) is 58.6 Å². The zero-order chi connectivity index (χ0) is 25.4.